The molecule has 0 radical (unpaired) electrons. The lowest BCUT2D eigenvalue weighted by molar-refractivity contribution is -0.126. The molecule has 1 atom stereocenters. The maximum Gasteiger partial charge on any atom is 0.227 e. The fourth-order valence-corrected chi connectivity index (χ4v) is 3.45. The molecule has 126 valence electrons. The van der Waals surface area contributed by atoms with Crippen LogP contribution in [0.25, 0.3) is 0 Å². The Labute approximate surface area is 149 Å². The van der Waals surface area contributed by atoms with E-state index in [9.17, 15) is 9.59 Å². The molecule has 2 aromatic rings. The molecular weight excluding hydrogens is 370 g/mol. The summed E-state index contributed by atoms with van der Waals surface area (Å²) in [5.74, 6) is -0.403. The van der Waals surface area contributed by atoms with Crippen LogP contribution in [-0.4, -0.2) is 22.9 Å². The Bertz CT molecular complexity index is 784. The monoisotopic (exact) mass is 389 g/mol. The molecule has 1 aliphatic rings. The zero-order valence-corrected chi connectivity index (χ0v) is 15.3. The Balaban J connectivity index is 1.64. The van der Waals surface area contributed by atoms with Gasteiger partial charge in [-0.15, -0.1) is 0 Å². The van der Waals surface area contributed by atoms with Gasteiger partial charge in [0.25, 0.3) is 0 Å². The number of nitrogens with one attached hydrogen (secondary N) is 1. The molecule has 1 aromatic heterocycles. The Kier molecular flexibility index (Phi) is 4.76. The number of amides is 2. The van der Waals surface area contributed by atoms with Crippen LogP contribution in [0.2, 0.25) is 0 Å². The van der Waals surface area contributed by atoms with Gasteiger partial charge in [0, 0.05) is 35.9 Å². The number of carbonyl (C=O) groups excluding carboxylic acids is 2. The van der Waals surface area contributed by atoms with E-state index in [1.807, 2.05) is 54.9 Å². The summed E-state index contributed by atoms with van der Waals surface area (Å²) in [4.78, 5) is 26.4. The first-order chi connectivity index (χ1) is 11.5. The number of aromatic nitrogens is 1. The first-order valence-electron chi connectivity index (χ1n) is 7.91. The van der Waals surface area contributed by atoms with Crippen LogP contribution in [-0.2, 0) is 23.2 Å². The first kappa shape index (κ1) is 16.8. The number of anilines is 1. The zero-order chi connectivity index (χ0) is 17.3. The average Bonchev–Trinajstić information content (AvgIpc) is 3.10. The normalized spacial score (nSPS) is 17.4. The largest absolute Gasteiger partial charge is 0.350 e. The van der Waals surface area contributed by atoms with Crippen molar-refractivity contribution < 1.29 is 9.59 Å². The van der Waals surface area contributed by atoms with Crippen LogP contribution < -0.4 is 10.2 Å². The van der Waals surface area contributed by atoms with Crippen molar-refractivity contribution in [3.63, 3.8) is 0 Å². The highest BCUT2D eigenvalue weighted by atomic mass is 79.9. The predicted octanol–water partition coefficient (Wildman–Crippen LogP) is 2.77. The molecule has 1 N–H and O–H groups in total. The van der Waals surface area contributed by atoms with Crippen molar-refractivity contribution in [3.8, 4) is 0 Å². The van der Waals surface area contributed by atoms with E-state index < -0.39 is 0 Å². The number of carbonyl (C=O) groups is 2. The lowest BCUT2D eigenvalue weighted by atomic mass is 10.1. The molecule has 5 nitrogen and oxygen atoms in total. The van der Waals surface area contributed by atoms with Gasteiger partial charge in [0.15, 0.2) is 0 Å². The van der Waals surface area contributed by atoms with Crippen molar-refractivity contribution in [2.24, 2.45) is 13.0 Å². The molecule has 0 bridgehead atoms. The summed E-state index contributed by atoms with van der Waals surface area (Å²) in [6.45, 7) is 2.92. The molecule has 1 aromatic carbocycles. The van der Waals surface area contributed by atoms with E-state index in [0.29, 0.717) is 13.1 Å². The van der Waals surface area contributed by atoms with Crippen molar-refractivity contribution in [2.75, 3.05) is 11.4 Å². The minimum atomic E-state index is -0.314. The van der Waals surface area contributed by atoms with Crippen molar-refractivity contribution in [1.29, 1.82) is 0 Å². The maximum atomic E-state index is 12.4. The van der Waals surface area contributed by atoms with Gasteiger partial charge >= 0.3 is 0 Å². The van der Waals surface area contributed by atoms with Crippen LogP contribution in [0.15, 0.2) is 40.9 Å². The van der Waals surface area contributed by atoms with Crippen molar-refractivity contribution in [1.82, 2.24) is 9.88 Å². The third-order valence-corrected chi connectivity index (χ3v) is 5.23. The minimum Gasteiger partial charge on any atom is -0.350 e. The molecule has 1 saturated heterocycles. The summed E-state index contributed by atoms with van der Waals surface area (Å²) < 4.78 is 2.91. The van der Waals surface area contributed by atoms with E-state index in [4.69, 9.17) is 0 Å². The highest BCUT2D eigenvalue weighted by molar-refractivity contribution is 9.10. The highest BCUT2D eigenvalue weighted by Crippen LogP contribution is 2.31. The average molecular weight is 390 g/mol. The molecule has 3 rings (SSSR count). The van der Waals surface area contributed by atoms with Gasteiger partial charge in [-0.3, -0.25) is 9.59 Å². The molecule has 1 aliphatic heterocycles. The van der Waals surface area contributed by atoms with E-state index in [-0.39, 0.29) is 24.2 Å². The molecular formula is C18H20BrN3O2. The lowest BCUT2D eigenvalue weighted by Crippen LogP contribution is -2.33. The Morgan fingerprint density at radius 2 is 2.04 bits per heavy atom. The summed E-state index contributed by atoms with van der Waals surface area (Å²) in [5, 5.41) is 2.95. The van der Waals surface area contributed by atoms with Crippen LogP contribution in [0.5, 0.6) is 0 Å². The Hall–Kier alpha value is -2.08. The van der Waals surface area contributed by atoms with Crippen LogP contribution in [0.1, 0.15) is 17.8 Å². The molecule has 24 heavy (non-hydrogen) atoms. The Morgan fingerprint density at radius 1 is 1.29 bits per heavy atom. The first-order valence-corrected chi connectivity index (χ1v) is 8.70. The number of hydrogen-bond acceptors (Lipinski definition) is 2. The number of aryl methyl sites for hydroxylation is 1. The maximum absolute atomic E-state index is 12.4. The fourth-order valence-electron chi connectivity index (χ4n) is 2.95. The van der Waals surface area contributed by atoms with E-state index >= 15 is 0 Å². The van der Waals surface area contributed by atoms with Gasteiger partial charge in [0.2, 0.25) is 11.8 Å². The molecule has 1 unspecified atom stereocenters. The van der Waals surface area contributed by atoms with E-state index in [0.717, 1.165) is 21.5 Å². The van der Waals surface area contributed by atoms with Crippen molar-refractivity contribution >= 4 is 33.4 Å². The second kappa shape index (κ2) is 6.81. The van der Waals surface area contributed by atoms with E-state index in [1.165, 1.54) is 0 Å². The third-order valence-electron chi connectivity index (χ3n) is 4.56. The smallest absolute Gasteiger partial charge is 0.227 e. The van der Waals surface area contributed by atoms with Crippen LogP contribution in [0, 0.1) is 12.8 Å². The quantitative estimate of drug-likeness (QED) is 0.873. The van der Waals surface area contributed by atoms with Crippen LogP contribution in [0.4, 0.5) is 5.69 Å². The van der Waals surface area contributed by atoms with Crippen molar-refractivity contribution in [2.45, 2.75) is 19.9 Å². The van der Waals surface area contributed by atoms with Gasteiger partial charge in [0.1, 0.15) is 0 Å². The van der Waals surface area contributed by atoms with E-state index in [1.54, 1.807) is 4.90 Å². The summed E-state index contributed by atoms with van der Waals surface area (Å²) in [7, 11) is 1.98. The number of halogens is 1. The summed E-state index contributed by atoms with van der Waals surface area (Å²) in [5.41, 5.74) is 3.01. The summed E-state index contributed by atoms with van der Waals surface area (Å²) in [6.07, 6.45) is 0.249. The number of hydrogen-bond donors (Lipinski definition) is 1. The molecule has 1 fully saturated rings. The second-order valence-corrected chi connectivity index (χ2v) is 6.95. The standard InChI is InChI=1S/C18H20BrN3O2/c1-12-7-8-14(21(12)2)10-20-18(24)13-9-17(23)22(11-13)16-6-4-3-5-15(16)19/h3-8,13H,9-11H2,1-2H3,(H,20,24). The molecule has 0 saturated carbocycles. The molecule has 2 heterocycles. The van der Waals surface area contributed by atoms with Gasteiger partial charge in [0.05, 0.1) is 18.2 Å². The summed E-state index contributed by atoms with van der Waals surface area (Å²) in [6, 6.07) is 11.6. The second-order valence-electron chi connectivity index (χ2n) is 6.10. The highest BCUT2D eigenvalue weighted by Gasteiger charge is 2.35. The summed E-state index contributed by atoms with van der Waals surface area (Å²) >= 11 is 3.47. The number of nitrogens with zero attached hydrogens (tertiary/aromatic N) is 2. The predicted molar refractivity (Wildman–Crippen MR) is 96.6 cm³/mol. The minimum absolute atomic E-state index is 0.0169. The van der Waals surface area contributed by atoms with E-state index in [2.05, 4.69) is 21.2 Å². The molecule has 6 heteroatoms. The molecule has 0 aliphatic carbocycles. The topological polar surface area (TPSA) is 54.3 Å². The van der Waals surface area contributed by atoms with Crippen LogP contribution in [0.3, 0.4) is 0 Å². The lowest BCUT2D eigenvalue weighted by Gasteiger charge is -2.18. The van der Waals surface area contributed by atoms with Crippen LogP contribution >= 0.6 is 15.9 Å². The Morgan fingerprint density at radius 3 is 2.71 bits per heavy atom. The third kappa shape index (κ3) is 3.24. The van der Waals surface area contributed by atoms with Gasteiger partial charge in [-0.05, 0) is 47.1 Å². The van der Waals surface area contributed by atoms with Gasteiger partial charge in [-0.2, -0.15) is 0 Å². The number of benzene rings is 1. The fraction of sp³-hybridized carbons (Fsp3) is 0.333. The van der Waals surface area contributed by atoms with Gasteiger partial charge < -0.3 is 14.8 Å². The number of rotatable bonds is 4. The SMILES string of the molecule is Cc1ccc(CNC(=O)C2CC(=O)N(c3ccccc3Br)C2)n1C. The van der Waals surface area contributed by atoms with Gasteiger partial charge in [-0.1, -0.05) is 12.1 Å². The van der Waals surface area contributed by atoms with Crippen molar-refractivity contribution in [3.05, 3.63) is 52.3 Å². The zero-order valence-electron chi connectivity index (χ0n) is 13.8. The molecule has 2 amide bonds. The number of para-hydroxylation sites is 1. The molecule has 0 spiro atoms. The van der Waals surface area contributed by atoms with Gasteiger partial charge in [-0.25, -0.2) is 0 Å².